The van der Waals surface area contributed by atoms with Crippen molar-refractivity contribution < 1.29 is 9.84 Å². The van der Waals surface area contributed by atoms with Crippen LogP contribution in [0.1, 0.15) is 5.56 Å². The van der Waals surface area contributed by atoms with Gasteiger partial charge in [0.25, 0.3) is 0 Å². The molecule has 0 saturated carbocycles. The van der Waals surface area contributed by atoms with Crippen molar-refractivity contribution in [3.05, 3.63) is 29.8 Å². The Balaban J connectivity index is 3.02. The molecule has 0 saturated heterocycles. The number of halogens is 1. The molecule has 4 heteroatoms. The summed E-state index contributed by atoms with van der Waals surface area (Å²) in [5.74, 6) is 0.688. The van der Waals surface area contributed by atoms with E-state index in [9.17, 15) is 5.11 Å². The van der Waals surface area contributed by atoms with Gasteiger partial charge in [0.05, 0.1) is 7.11 Å². The fourth-order valence-electron chi connectivity index (χ4n) is 0.907. The van der Waals surface area contributed by atoms with Gasteiger partial charge in [-0.15, -0.1) is 0 Å². The van der Waals surface area contributed by atoms with Crippen LogP contribution in [0.4, 0.5) is 0 Å². The third kappa shape index (κ3) is 2.16. The van der Waals surface area contributed by atoms with Crippen molar-refractivity contribution in [3.63, 3.8) is 0 Å². The Morgan fingerprint density at radius 2 is 2.25 bits per heavy atom. The fourth-order valence-corrected chi connectivity index (χ4v) is 1.02. The Bertz CT molecular complexity index is 270. The van der Waals surface area contributed by atoms with Gasteiger partial charge in [-0.2, -0.15) is 0 Å². The van der Waals surface area contributed by atoms with E-state index in [2.05, 4.69) is 0 Å². The summed E-state index contributed by atoms with van der Waals surface area (Å²) in [6, 6.07) is 7.03. The largest absolute Gasteiger partial charge is 0.497 e. The smallest absolute Gasteiger partial charge is 0.169 e. The quantitative estimate of drug-likeness (QED) is 0.541. The maximum Gasteiger partial charge on any atom is 0.169 e. The summed E-state index contributed by atoms with van der Waals surface area (Å²) >= 11 is 5.69. The van der Waals surface area contributed by atoms with Crippen LogP contribution in [0.2, 0.25) is 0 Å². The first kappa shape index (κ1) is 9.42. The van der Waals surface area contributed by atoms with Crippen LogP contribution in [-0.2, 0) is 4.96 Å². The van der Waals surface area contributed by atoms with Crippen LogP contribution in [0.5, 0.6) is 5.75 Å². The molecule has 0 radical (unpaired) electrons. The van der Waals surface area contributed by atoms with Gasteiger partial charge >= 0.3 is 0 Å². The Labute approximate surface area is 77.5 Å². The van der Waals surface area contributed by atoms with Gasteiger partial charge in [-0.25, -0.2) is 0 Å². The number of rotatable bonds is 2. The first-order chi connectivity index (χ1) is 5.54. The summed E-state index contributed by atoms with van der Waals surface area (Å²) in [5.41, 5.74) is 0.628. The molecule has 1 atom stereocenters. The molecule has 1 aromatic rings. The van der Waals surface area contributed by atoms with E-state index in [0.29, 0.717) is 11.3 Å². The van der Waals surface area contributed by atoms with Gasteiger partial charge in [0, 0.05) is 0 Å². The number of alkyl halides is 1. The normalized spacial score (nSPS) is 15.2. The number of hydrogen-bond donors (Lipinski definition) is 1. The maximum atomic E-state index is 9.42. The number of ether oxygens (including phenoxy) is 1. The number of benzene rings is 1. The topological polar surface area (TPSA) is 29.5 Å². The van der Waals surface area contributed by atoms with Crippen molar-refractivity contribution in [1.82, 2.24) is 0 Å². The monoisotopic (exact) mass is 184 g/mol. The lowest BCUT2D eigenvalue weighted by Gasteiger charge is -2.15. The Morgan fingerprint density at radius 3 is 2.75 bits per heavy atom. The van der Waals surface area contributed by atoms with Crippen LogP contribution in [-0.4, -0.2) is 20.1 Å². The van der Waals surface area contributed by atoms with E-state index < -0.39 is 4.96 Å². The molecular weight excluding hydrogens is 174 g/mol. The summed E-state index contributed by atoms with van der Waals surface area (Å²) in [6.45, 7) is 0. The van der Waals surface area contributed by atoms with Crippen LogP contribution in [0, 0.1) is 0 Å². The third-order valence-corrected chi connectivity index (χ3v) is 1.81. The fraction of sp³-hybridized carbons (Fsp3) is 0.250. The van der Waals surface area contributed by atoms with Gasteiger partial charge in [0.2, 0.25) is 0 Å². The average molecular weight is 184 g/mol. The van der Waals surface area contributed by atoms with Gasteiger partial charge in [-0.05, 0) is 17.7 Å². The predicted molar refractivity (Wildman–Crippen MR) is 51.3 cm³/mol. The molecule has 64 valence electrons. The third-order valence-electron chi connectivity index (χ3n) is 1.60. The lowest BCUT2D eigenvalue weighted by atomic mass is 9.91. The van der Waals surface area contributed by atoms with Crippen molar-refractivity contribution in [2.45, 2.75) is 4.96 Å². The van der Waals surface area contributed by atoms with E-state index in [1.807, 2.05) is 0 Å². The van der Waals surface area contributed by atoms with E-state index >= 15 is 0 Å². The molecule has 1 unspecified atom stereocenters. The summed E-state index contributed by atoms with van der Waals surface area (Å²) in [6.07, 6.45) is 0. The highest BCUT2D eigenvalue weighted by Gasteiger charge is 2.18. The molecular formula is C8H10BClO2. The van der Waals surface area contributed by atoms with Crippen molar-refractivity contribution in [2.24, 2.45) is 0 Å². The predicted octanol–water partition coefficient (Wildman–Crippen LogP) is 0.670. The molecule has 1 aromatic carbocycles. The van der Waals surface area contributed by atoms with E-state index in [1.54, 1.807) is 31.4 Å². The summed E-state index contributed by atoms with van der Waals surface area (Å²) in [4.78, 5) is -1.32. The molecule has 0 aliphatic rings. The molecule has 0 fully saturated rings. The number of methoxy groups -OCH3 is 1. The van der Waals surface area contributed by atoms with Crippen molar-refractivity contribution in [2.75, 3.05) is 7.11 Å². The lowest BCUT2D eigenvalue weighted by Crippen LogP contribution is -2.17. The zero-order valence-electron chi connectivity index (χ0n) is 7.04. The van der Waals surface area contributed by atoms with E-state index in [-0.39, 0.29) is 0 Å². The maximum absolute atomic E-state index is 9.42. The highest BCUT2D eigenvalue weighted by molar-refractivity contribution is 6.42. The second-order valence-corrected chi connectivity index (χ2v) is 3.42. The zero-order valence-corrected chi connectivity index (χ0v) is 7.80. The van der Waals surface area contributed by atoms with Gasteiger partial charge in [0.1, 0.15) is 10.7 Å². The van der Waals surface area contributed by atoms with E-state index in [4.69, 9.17) is 16.3 Å². The molecule has 0 aliphatic heterocycles. The summed E-state index contributed by atoms with van der Waals surface area (Å²) in [5, 5.41) is 9.42. The van der Waals surface area contributed by atoms with E-state index in [1.165, 1.54) is 7.85 Å². The number of aliphatic hydroxyl groups is 1. The van der Waals surface area contributed by atoms with Crippen molar-refractivity contribution in [1.29, 1.82) is 0 Å². The van der Waals surface area contributed by atoms with Crippen molar-refractivity contribution >= 4 is 19.4 Å². The van der Waals surface area contributed by atoms with Crippen LogP contribution in [0.3, 0.4) is 0 Å². The Hall–Kier alpha value is -0.665. The van der Waals surface area contributed by atoms with Crippen LogP contribution in [0.25, 0.3) is 0 Å². The second-order valence-electron chi connectivity index (χ2n) is 2.69. The van der Waals surface area contributed by atoms with Gasteiger partial charge in [-0.3, -0.25) is 0 Å². The van der Waals surface area contributed by atoms with Crippen molar-refractivity contribution in [3.8, 4) is 5.75 Å². The minimum absolute atomic E-state index is 0.628. The van der Waals surface area contributed by atoms with Crippen LogP contribution in [0.15, 0.2) is 24.3 Å². The molecule has 0 aliphatic carbocycles. The minimum atomic E-state index is -1.32. The van der Waals surface area contributed by atoms with E-state index in [0.717, 1.165) is 0 Å². The molecule has 0 aromatic heterocycles. The first-order valence-corrected chi connectivity index (χ1v) is 3.97. The molecule has 0 bridgehead atoms. The molecule has 1 rings (SSSR count). The molecule has 12 heavy (non-hydrogen) atoms. The first-order valence-electron chi connectivity index (χ1n) is 3.60. The summed E-state index contributed by atoms with van der Waals surface area (Å²) < 4.78 is 4.98. The Kier molecular flexibility index (Phi) is 2.65. The molecule has 0 spiro atoms. The molecule has 0 heterocycles. The molecule has 0 amide bonds. The Morgan fingerprint density at radius 1 is 1.58 bits per heavy atom. The van der Waals surface area contributed by atoms with Gasteiger partial charge in [0.15, 0.2) is 7.85 Å². The minimum Gasteiger partial charge on any atom is -0.497 e. The zero-order chi connectivity index (χ0) is 9.19. The average Bonchev–Trinajstić information content (AvgIpc) is 2.03. The lowest BCUT2D eigenvalue weighted by molar-refractivity contribution is 0.217. The SMILES string of the molecule is BC(O)(Cl)c1cccc(OC)c1. The highest BCUT2D eigenvalue weighted by atomic mass is 35.5. The highest BCUT2D eigenvalue weighted by Crippen LogP contribution is 2.24. The second kappa shape index (κ2) is 3.38. The summed E-state index contributed by atoms with van der Waals surface area (Å²) in [7, 11) is 3.09. The molecule has 1 N–H and O–H groups in total. The molecule has 2 nitrogen and oxygen atoms in total. The van der Waals surface area contributed by atoms with Crippen LogP contribution >= 0.6 is 11.6 Å². The van der Waals surface area contributed by atoms with Gasteiger partial charge < -0.3 is 9.84 Å². The van der Waals surface area contributed by atoms with Gasteiger partial charge in [-0.1, -0.05) is 23.7 Å². The van der Waals surface area contributed by atoms with Crippen LogP contribution < -0.4 is 4.74 Å². The number of hydrogen-bond acceptors (Lipinski definition) is 2. The standard InChI is InChI=1S/C8H10BClO2/c1-12-7-4-2-3-6(5-7)8(9,10)11/h2-5,11H,9H2,1H3.